The summed E-state index contributed by atoms with van der Waals surface area (Å²) >= 11 is 3.30. The normalized spacial score (nSPS) is 10.4. The van der Waals surface area contributed by atoms with E-state index in [1.165, 1.54) is 13.0 Å². The summed E-state index contributed by atoms with van der Waals surface area (Å²) < 4.78 is 0.979. The van der Waals surface area contributed by atoms with Crippen molar-refractivity contribution in [3.63, 3.8) is 0 Å². The highest BCUT2D eigenvalue weighted by molar-refractivity contribution is 9.10. The van der Waals surface area contributed by atoms with Crippen LogP contribution >= 0.6 is 15.9 Å². The summed E-state index contributed by atoms with van der Waals surface area (Å²) in [5.74, 6) is -0.925. The predicted molar refractivity (Wildman–Crippen MR) is 58.9 cm³/mol. The van der Waals surface area contributed by atoms with Crippen molar-refractivity contribution in [2.24, 2.45) is 0 Å². The van der Waals surface area contributed by atoms with Crippen LogP contribution in [0, 0.1) is 0 Å². The van der Waals surface area contributed by atoms with Crippen LogP contribution in [0.25, 0.3) is 6.08 Å². The van der Waals surface area contributed by atoms with E-state index in [2.05, 4.69) is 15.9 Å². The molecule has 0 N–H and O–H groups in total. The van der Waals surface area contributed by atoms with E-state index in [0.717, 1.165) is 10.0 Å². The van der Waals surface area contributed by atoms with Gasteiger partial charge < -0.3 is 0 Å². The van der Waals surface area contributed by atoms with E-state index in [9.17, 15) is 9.59 Å². The Balaban J connectivity index is 2.74. The molecule has 0 saturated carbocycles. The number of hydrogen-bond acceptors (Lipinski definition) is 2. The molecule has 0 aliphatic heterocycles. The first-order valence-corrected chi connectivity index (χ1v) is 4.87. The number of ketones is 2. The first-order valence-electron chi connectivity index (χ1n) is 4.08. The van der Waals surface area contributed by atoms with Crippen molar-refractivity contribution in [2.45, 2.75) is 6.92 Å². The second-order valence-corrected chi connectivity index (χ2v) is 3.72. The van der Waals surface area contributed by atoms with Crippen molar-refractivity contribution in [1.82, 2.24) is 0 Å². The Morgan fingerprint density at radius 3 is 2.29 bits per heavy atom. The summed E-state index contributed by atoms with van der Waals surface area (Å²) in [6.45, 7) is 1.26. The van der Waals surface area contributed by atoms with Gasteiger partial charge in [0, 0.05) is 11.4 Å². The van der Waals surface area contributed by atoms with Gasteiger partial charge in [-0.1, -0.05) is 34.1 Å². The zero-order valence-electron chi connectivity index (χ0n) is 7.66. The van der Waals surface area contributed by atoms with Crippen LogP contribution in [0.15, 0.2) is 34.8 Å². The number of benzene rings is 1. The molecule has 0 aliphatic carbocycles. The Morgan fingerprint density at radius 2 is 1.79 bits per heavy atom. The molecule has 14 heavy (non-hydrogen) atoms. The Kier molecular flexibility index (Phi) is 3.77. The molecule has 0 bridgehead atoms. The molecule has 1 aromatic rings. The molecule has 0 fully saturated rings. The number of halogens is 1. The zero-order valence-corrected chi connectivity index (χ0v) is 9.24. The van der Waals surface area contributed by atoms with Crippen molar-refractivity contribution in [3.05, 3.63) is 40.4 Å². The van der Waals surface area contributed by atoms with E-state index in [1.54, 1.807) is 6.08 Å². The van der Waals surface area contributed by atoms with E-state index >= 15 is 0 Å². The van der Waals surface area contributed by atoms with Crippen LogP contribution in [0.3, 0.4) is 0 Å². The van der Waals surface area contributed by atoms with E-state index in [4.69, 9.17) is 0 Å². The first-order chi connectivity index (χ1) is 6.59. The molecule has 0 aliphatic rings. The third kappa shape index (κ3) is 3.26. The topological polar surface area (TPSA) is 34.1 Å². The second-order valence-electron chi connectivity index (χ2n) is 2.81. The standard InChI is InChI=1S/C11H9BrO2/c1-8(13)11(14)7-4-9-2-5-10(12)6-3-9/h2-7H,1H3. The number of hydrogen-bond donors (Lipinski definition) is 0. The minimum absolute atomic E-state index is 0.446. The van der Waals surface area contributed by atoms with Gasteiger partial charge in [0.1, 0.15) is 0 Å². The number of carbonyl (C=O) groups excluding carboxylic acids is 2. The average Bonchev–Trinajstić information content (AvgIpc) is 2.16. The molecule has 72 valence electrons. The van der Waals surface area contributed by atoms with Gasteiger partial charge >= 0.3 is 0 Å². The van der Waals surface area contributed by atoms with Crippen molar-refractivity contribution < 1.29 is 9.59 Å². The summed E-state index contributed by atoms with van der Waals surface area (Å²) in [6, 6.07) is 7.46. The fourth-order valence-electron chi connectivity index (χ4n) is 0.863. The maximum Gasteiger partial charge on any atom is 0.221 e. The Hall–Kier alpha value is -1.22. The molecule has 0 unspecified atom stereocenters. The van der Waals surface area contributed by atoms with Crippen LogP contribution in [0.5, 0.6) is 0 Å². The van der Waals surface area contributed by atoms with Crippen molar-refractivity contribution in [3.8, 4) is 0 Å². The summed E-state index contributed by atoms with van der Waals surface area (Å²) in [5, 5.41) is 0. The van der Waals surface area contributed by atoms with Crippen molar-refractivity contribution in [2.75, 3.05) is 0 Å². The zero-order chi connectivity index (χ0) is 10.6. The fraction of sp³-hybridized carbons (Fsp3) is 0.0909. The van der Waals surface area contributed by atoms with Crippen molar-refractivity contribution in [1.29, 1.82) is 0 Å². The van der Waals surface area contributed by atoms with Crippen LogP contribution < -0.4 is 0 Å². The Bertz CT molecular complexity index is 377. The lowest BCUT2D eigenvalue weighted by Gasteiger charge is -1.92. The lowest BCUT2D eigenvalue weighted by atomic mass is 10.2. The molecular formula is C11H9BrO2. The van der Waals surface area contributed by atoms with Gasteiger partial charge in [-0.3, -0.25) is 9.59 Å². The lowest BCUT2D eigenvalue weighted by molar-refractivity contribution is -0.132. The maximum atomic E-state index is 10.9. The monoisotopic (exact) mass is 252 g/mol. The van der Waals surface area contributed by atoms with Crippen LogP contribution in [0.2, 0.25) is 0 Å². The minimum Gasteiger partial charge on any atom is -0.291 e. The SMILES string of the molecule is CC(=O)C(=O)C=Cc1ccc(Br)cc1. The molecule has 0 radical (unpaired) electrons. The highest BCUT2D eigenvalue weighted by Crippen LogP contribution is 2.11. The van der Waals surface area contributed by atoms with Gasteiger partial charge in [0.15, 0.2) is 5.78 Å². The highest BCUT2D eigenvalue weighted by Gasteiger charge is 2.00. The van der Waals surface area contributed by atoms with Crippen LogP contribution in [-0.4, -0.2) is 11.6 Å². The molecule has 3 heteroatoms. The molecule has 0 atom stereocenters. The van der Waals surface area contributed by atoms with Crippen molar-refractivity contribution >= 4 is 33.6 Å². The Labute approximate surface area is 90.8 Å². The Morgan fingerprint density at radius 1 is 1.21 bits per heavy atom. The van der Waals surface area contributed by atoms with Gasteiger partial charge in [-0.05, 0) is 23.8 Å². The molecule has 1 aromatic carbocycles. The van der Waals surface area contributed by atoms with Gasteiger partial charge in [0.05, 0.1) is 0 Å². The summed E-state index contributed by atoms with van der Waals surface area (Å²) in [5.41, 5.74) is 0.891. The fourth-order valence-corrected chi connectivity index (χ4v) is 1.13. The minimum atomic E-state index is -0.479. The van der Waals surface area contributed by atoms with Gasteiger partial charge in [0.2, 0.25) is 5.78 Å². The van der Waals surface area contributed by atoms with Crippen LogP contribution in [-0.2, 0) is 9.59 Å². The molecule has 0 spiro atoms. The third-order valence-corrected chi connectivity index (χ3v) is 2.17. The molecule has 0 saturated heterocycles. The van der Waals surface area contributed by atoms with E-state index in [1.807, 2.05) is 24.3 Å². The first kappa shape index (κ1) is 10.9. The van der Waals surface area contributed by atoms with Crippen LogP contribution in [0.4, 0.5) is 0 Å². The number of allylic oxidation sites excluding steroid dienone is 1. The maximum absolute atomic E-state index is 10.9. The molecule has 0 aromatic heterocycles. The summed E-state index contributed by atoms with van der Waals surface area (Å²) in [6.07, 6.45) is 2.90. The number of rotatable bonds is 3. The second kappa shape index (κ2) is 4.86. The quantitative estimate of drug-likeness (QED) is 0.613. The molecular weight excluding hydrogens is 244 g/mol. The molecule has 0 heterocycles. The van der Waals surface area contributed by atoms with E-state index < -0.39 is 11.6 Å². The lowest BCUT2D eigenvalue weighted by Crippen LogP contribution is -2.04. The average molecular weight is 253 g/mol. The van der Waals surface area contributed by atoms with Gasteiger partial charge in [-0.15, -0.1) is 0 Å². The largest absolute Gasteiger partial charge is 0.291 e. The number of carbonyl (C=O) groups is 2. The van der Waals surface area contributed by atoms with Gasteiger partial charge in [-0.2, -0.15) is 0 Å². The molecule has 1 rings (SSSR count). The van der Waals surface area contributed by atoms with Gasteiger partial charge in [0.25, 0.3) is 0 Å². The van der Waals surface area contributed by atoms with E-state index in [0.29, 0.717) is 0 Å². The predicted octanol–water partition coefficient (Wildman–Crippen LogP) is 2.62. The summed E-state index contributed by atoms with van der Waals surface area (Å²) in [4.78, 5) is 21.5. The van der Waals surface area contributed by atoms with Crippen LogP contribution in [0.1, 0.15) is 12.5 Å². The van der Waals surface area contributed by atoms with Gasteiger partial charge in [-0.25, -0.2) is 0 Å². The smallest absolute Gasteiger partial charge is 0.221 e. The third-order valence-electron chi connectivity index (χ3n) is 1.64. The number of Topliss-reactive ketones (excluding diaryl/α,β-unsaturated/α-hetero) is 1. The van der Waals surface area contributed by atoms with E-state index in [-0.39, 0.29) is 0 Å². The molecule has 0 amide bonds. The summed E-state index contributed by atoms with van der Waals surface area (Å²) in [7, 11) is 0. The highest BCUT2D eigenvalue weighted by atomic mass is 79.9. The molecule has 2 nitrogen and oxygen atoms in total.